The third kappa shape index (κ3) is 4.20. The Morgan fingerprint density at radius 1 is 1.08 bits per heavy atom. The number of para-hydroxylation sites is 1. The number of nitrogens with one attached hydrogen (secondary N) is 1. The fourth-order valence-corrected chi connectivity index (χ4v) is 2.15. The van der Waals surface area contributed by atoms with E-state index < -0.39 is 0 Å². The first-order valence-corrected chi connectivity index (χ1v) is 7.60. The molecule has 25 heavy (non-hydrogen) atoms. The molecular formula is C18H16N6O. The third-order valence-corrected chi connectivity index (χ3v) is 3.37. The average Bonchev–Trinajstić information content (AvgIpc) is 2.62. The molecule has 124 valence electrons. The monoisotopic (exact) mass is 332 g/mol. The molecule has 0 saturated heterocycles. The molecule has 3 aromatic rings. The van der Waals surface area contributed by atoms with E-state index in [1.54, 1.807) is 24.3 Å². The molecule has 0 saturated carbocycles. The maximum atomic E-state index is 9.09. The second-order valence-corrected chi connectivity index (χ2v) is 5.32. The Morgan fingerprint density at radius 2 is 1.84 bits per heavy atom. The first-order valence-electron chi connectivity index (χ1n) is 7.60. The Labute approximate surface area is 145 Å². The number of hydrogen-bond donors (Lipinski definition) is 2. The van der Waals surface area contributed by atoms with Gasteiger partial charge in [0.2, 0.25) is 11.9 Å². The summed E-state index contributed by atoms with van der Waals surface area (Å²) in [5.41, 5.74) is 8.20. The summed E-state index contributed by atoms with van der Waals surface area (Å²) in [6.07, 6.45) is 0. The topological polar surface area (TPSA) is 110 Å². The minimum atomic E-state index is 0.0774. The van der Waals surface area contributed by atoms with E-state index in [0.29, 0.717) is 23.1 Å². The van der Waals surface area contributed by atoms with Crippen molar-refractivity contribution in [2.45, 2.75) is 13.5 Å². The summed E-state index contributed by atoms with van der Waals surface area (Å²) in [5.74, 6) is 1.27. The van der Waals surface area contributed by atoms with E-state index >= 15 is 0 Å². The number of nitrogens with zero attached hydrogens (tertiary/aromatic N) is 4. The van der Waals surface area contributed by atoms with Gasteiger partial charge in [-0.15, -0.1) is 0 Å². The minimum absolute atomic E-state index is 0.0774. The van der Waals surface area contributed by atoms with Gasteiger partial charge in [-0.2, -0.15) is 20.2 Å². The molecule has 0 atom stereocenters. The van der Waals surface area contributed by atoms with Crippen LogP contribution < -0.4 is 15.8 Å². The highest BCUT2D eigenvalue weighted by Gasteiger charge is 2.08. The lowest BCUT2D eigenvalue weighted by Gasteiger charge is -2.09. The van der Waals surface area contributed by atoms with Gasteiger partial charge in [-0.1, -0.05) is 29.8 Å². The van der Waals surface area contributed by atoms with Crippen molar-refractivity contribution in [1.29, 1.82) is 5.26 Å². The van der Waals surface area contributed by atoms with Crippen LogP contribution in [0.2, 0.25) is 0 Å². The van der Waals surface area contributed by atoms with Crippen molar-refractivity contribution in [3.8, 4) is 11.8 Å². The third-order valence-electron chi connectivity index (χ3n) is 3.37. The van der Waals surface area contributed by atoms with E-state index in [0.717, 1.165) is 11.3 Å². The largest absolute Gasteiger partial charge is 0.484 e. The number of benzene rings is 2. The molecule has 0 spiro atoms. The fourth-order valence-electron chi connectivity index (χ4n) is 2.15. The molecular weight excluding hydrogens is 316 g/mol. The Balaban J connectivity index is 1.75. The zero-order valence-corrected chi connectivity index (χ0v) is 13.6. The lowest BCUT2D eigenvalue weighted by atomic mass is 10.2. The SMILES string of the molecule is Cc1ccc(Nc2nc(N)nc(COc3ccccc3C#N)n2)cc1. The van der Waals surface area contributed by atoms with E-state index in [9.17, 15) is 0 Å². The summed E-state index contributed by atoms with van der Waals surface area (Å²) >= 11 is 0. The van der Waals surface area contributed by atoms with Gasteiger partial charge in [0, 0.05) is 5.69 Å². The van der Waals surface area contributed by atoms with E-state index in [2.05, 4.69) is 26.3 Å². The second kappa shape index (κ2) is 7.27. The van der Waals surface area contributed by atoms with E-state index in [-0.39, 0.29) is 12.6 Å². The molecule has 0 aliphatic heterocycles. The number of hydrogen-bond acceptors (Lipinski definition) is 7. The van der Waals surface area contributed by atoms with Gasteiger partial charge < -0.3 is 15.8 Å². The normalized spacial score (nSPS) is 10.1. The second-order valence-electron chi connectivity index (χ2n) is 5.32. The van der Waals surface area contributed by atoms with E-state index in [1.807, 2.05) is 31.2 Å². The summed E-state index contributed by atoms with van der Waals surface area (Å²) < 4.78 is 5.63. The number of ether oxygens (including phenoxy) is 1. The minimum Gasteiger partial charge on any atom is -0.484 e. The Hall–Kier alpha value is -3.66. The van der Waals surface area contributed by atoms with Gasteiger partial charge in [0.25, 0.3) is 0 Å². The molecule has 0 bridgehead atoms. The first kappa shape index (κ1) is 16.2. The van der Waals surface area contributed by atoms with Crippen molar-refractivity contribution in [3.05, 3.63) is 65.5 Å². The standard InChI is InChI=1S/C18H16N6O/c1-12-6-8-14(9-7-12)21-18-23-16(22-17(20)24-18)11-25-15-5-3-2-4-13(15)10-19/h2-9H,11H2,1H3,(H3,20,21,22,23,24). The Morgan fingerprint density at radius 3 is 2.60 bits per heavy atom. The van der Waals surface area contributed by atoms with Gasteiger partial charge in [0.15, 0.2) is 5.82 Å². The highest BCUT2D eigenvalue weighted by Crippen LogP contribution is 2.18. The summed E-state index contributed by atoms with van der Waals surface area (Å²) in [7, 11) is 0. The fraction of sp³-hybridized carbons (Fsp3) is 0.111. The number of nitriles is 1. The molecule has 0 amide bonds. The van der Waals surface area contributed by atoms with Crippen LogP contribution in [-0.4, -0.2) is 15.0 Å². The van der Waals surface area contributed by atoms with Crippen LogP contribution in [0.5, 0.6) is 5.75 Å². The molecule has 0 aliphatic rings. The van der Waals surface area contributed by atoms with Gasteiger partial charge in [-0.3, -0.25) is 0 Å². The summed E-state index contributed by atoms with van der Waals surface area (Å²) in [6.45, 7) is 2.09. The van der Waals surface area contributed by atoms with Crippen molar-refractivity contribution in [3.63, 3.8) is 0 Å². The van der Waals surface area contributed by atoms with Gasteiger partial charge in [0.1, 0.15) is 18.4 Å². The molecule has 0 aliphatic carbocycles. The van der Waals surface area contributed by atoms with Crippen LogP contribution in [0.25, 0.3) is 0 Å². The molecule has 1 aromatic heterocycles. The van der Waals surface area contributed by atoms with Crippen LogP contribution in [0, 0.1) is 18.3 Å². The predicted octanol–water partition coefficient (Wildman–Crippen LogP) is 2.96. The van der Waals surface area contributed by atoms with Crippen molar-refractivity contribution in [2.24, 2.45) is 0 Å². The molecule has 2 aromatic carbocycles. The molecule has 7 heteroatoms. The smallest absolute Gasteiger partial charge is 0.232 e. The van der Waals surface area contributed by atoms with Gasteiger partial charge in [0.05, 0.1) is 5.56 Å². The maximum Gasteiger partial charge on any atom is 0.232 e. The Bertz CT molecular complexity index is 918. The molecule has 0 unspecified atom stereocenters. The number of nitrogen functional groups attached to an aromatic ring is 1. The lowest BCUT2D eigenvalue weighted by Crippen LogP contribution is -2.09. The number of aryl methyl sites for hydroxylation is 1. The van der Waals surface area contributed by atoms with Crippen LogP contribution in [0.1, 0.15) is 17.0 Å². The zero-order valence-electron chi connectivity index (χ0n) is 13.6. The van der Waals surface area contributed by atoms with Gasteiger partial charge in [-0.05, 0) is 31.2 Å². The van der Waals surface area contributed by atoms with Crippen molar-refractivity contribution >= 4 is 17.6 Å². The summed E-state index contributed by atoms with van der Waals surface area (Å²) in [5, 5.41) is 12.2. The molecule has 3 rings (SSSR count). The molecule has 7 nitrogen and oxygen atoms in total. The van der Waals surface area contributed by atoms with Gasteiger partial charge >= 0.3 is 0 Å². The number of anilines is 3. The van der Waals surface area contributed by atoms with Crippen molar-refractivity contribution in [2.75, 3.05) is 11.1 Å². The number of rotatable bonds is 5. The van der Waals surface area contributed by atoms with Crippen LogP contribution in [0.3, 0.4) is 0 Å². The quantitative estimate of drug-likeness (QED) is 0.739. The average molecular weight is 332 g/mol. The highest BCUT2D eigenvalue weighted by molar-refractivity contribution is 5.54. The zero-order chi connectivity index (χ0) is 17.6. The molecule has 3 N–H and O–H groups in total. The van der Waals surface area contributed by atoms with Gasteiger partial charge in [-0.25, -0.2) is 0 Å². The van der Waals surface area contributed by atoms with E-state index in [4.69, 9.17) is 15.7 Å². The van der Waals surface area contributed by atoms with Crippen LogP contribution >= 0.6 is 0 Å². The summed E-state index contributed by atoms with van der Waals surface area (Å²) in [4.78, 5) is 12.4. The predicted molar refractivity (Wildman–Crippen MR) is 94.2 cm³/mol. The first-order chi connectivity index (χ1) is 12.1. The van der Waals surface area contributed by atoms with Crippen LogP contribution in [0.15, 0.2) is 48.5 Å². The molecule has 1 heterocycles. The highest BCUT2D eigenvalue weighted by atomic mass is 16.5. The van der Waals surface area contributed by atoms with Crippen LogP contribution in [-0.2, 0) is 6.61 Å². The van der Waals surface area contributed by atoms with Crippen molar-refractivity contribution in [1.82, 2.24) is 15.0 Å². The van der Waals surface area contributed by atoms with Crippen LogP contribution in [0.4, 0.5) is 17.6 Å². The molecule has 0 fully saturated rings. The Kier molecular flexibility index (Phi) is 4.72. The maximum absolute atomic E-state index is 9.09. The molecule has 0 radical (unpaired) electrons. The number of aromatic nitrogens is 3. The lowest BCUT2D eigenvalue weighted by molar-refractivity contribution is 0.295. The summed E-state index contributed by atoms with van der Waals surface area (Å²) in [6, 6.07) is 16.9. The number of nitrogens with two attached hydrogens (primary N) is 1. The van der Waals surface area contributed by atoms with Crippen molar-refractivity contribution < 1.29 is 4.74 Å². The van der Waals surface area contributed by atoms with E-state index in [1.165, 1.54) is 0 Å².